The van der Waals surface area contributed by atoms with Crippen LogP contribution in [-0.4, -0.2) is 29.4 Å². The van der Waals surface area contributed by atoms with Gasteiger partial charge in [-0.05, 0) is 54.4 Å². The molecule has 96 valence electrons. The molecule has 0 saturated heterocycles. The number of hydrogen-bond donors (Lipinski definition) is 2. The van der Waals surface area contributed by atoms with Crippen LogP contribution in [0.15, 0.2) is 22.7 Å². The smallest absolute Gasteiger partial charge is 0.0762 e. The highest BCUT2D eigenvalue weighted by molar-refractivity contribution is 9.10. The van der Waals surface area contributed by atoms with Gasteiger partial charge < -0.3 is 15.1 Å². The number of benzene rings is 1. The molecule has 0 fully saturated rings. The summed E-state index contributed by atoms with van der Waals surface area (Å²) in [6.07, 6.45) is -0.475. The van der Waals surface area contributed by atoms with Gasteiger partial charge in [-0.3, -0.25) is 0 Å². The number of likely N-dealkylation sites (N-methyl/N-ethyl adjacent to an activating group) is 1. The molecule has 0 aromatic heterocycles. The first-order chi connectivity index (χ1) is 7.79. The molecule has 0 radical (unpaired) electrons. The molecule has 0 heterocycles. The van der Waals surface area contributed by atoms with Crippen molar-refractivity contribution in [3.8, 4) is 0 Å². The lowest BCUT2D eigenvalue weighted by Gasteiger charge is -2.36. The number of nitrogens with zero attached hydrogens (tertiary/aromatic N) is 1. The Morgan fingerprint density at radius 2 is 2.00 bits per heavy atom. The van der Waals surface area contributed by atoms with Gasteiger partial charge in [-0.25, -0.2) is 0 Å². The Hall–Kier alpha value is -0.580. The largest absolute Gasteiger partial charge is 0.394 e. The van der Waals surface area contributed by atoms with Crippen LogP contribution in [0.25, 0.3) is 0 Å². The summed E-state index contributed by atoms with van der Waals surface area (Å²) in [5, 5.41) is 18.9. The molecule has 4 heteroatoms. The molecular weight excluding hydrogens is 282 g/mol. The Morgan fingerprint density at radius 1 is 1.41 bits per heavy atom. The van der Waals surface area contributed by atoms with Crippen molar-refractivity contribution in [3.63, 3.8) is 0 Å². The third-order valence-electron chi connectivity index (χ3n) is 3.11. The van der Waals surface area contributed by atoms with Gasteiger partial charge in [0, 0.05) is 11.5 Å². The molecule has 0 aliphatic heterocycles. The van der Waals surface area contributed by atoms with Crippen LogP contribution in [0.1, 0.15) is 32.4 Å². The Balaban J connectivity index is 3.08. The van der Waals surface area contributed by atoms with Gasteiger partial charge in [0.15, 0.2) is 0 Å². The zero-order valence-electron chi connectivity index (χ0n) is 10.7. The molecule has 3 nitrogen and oxygen atoms in total. The summed E-state index contributed by atoms with van der Waals surface area (Å²) in [7, 11) is 1.94. The molecule has 0 spiro atoms. The Bertz CT molecular complexity index is 391. The molecule has 0 amide bonds. The molecule has 1 aromatic carbocycles. The summed E-state index contributed by atoms with van der Waals surface area (Å²) >= 11 is 3.50. The van der Waals surface area contributed by atoms with Crippen LogP contribution >= 0.6 is 15.9 Å². The maximum Gasteiger partial charge on any atom is 0.0762 e. The van der Waals surface area contributed by atoms with Gasteiger partial charge in [0.2, 0.25) is 0 Å². The predicted molar refractivity (Wildman–Crippen MR) is 74.3 cm³/mol. The maximum absolute atomic E-state index is 9.51. The van der Waals surface area contributed by atoms with Crippen LogP contribution < -0.4 is 4.90 Å². The minimum absolute atomic E-state index is 0.0775. The van der Waals surface area contributed by atoms with Crippen LogP contribution in [-0.2, 0) is 0 Å². The summed E-state index contributed by atoms with van der Waals surface area (Å²) in [5.41, 5.74) is 1.54. The second kappa shape index (κ2) is 5.38. The third kappa shape index (κ3) is 3.21. The number of rotatable bonds is 4. The van der Waals surface area contributed by atoms with Gasteiger partial charge in [-0.2, -0.15) is 0 Å². The van der Waals surface area contributed by atoms with Crippen molar-refractivity contribution in [2.45, 2.75) is 32.4 Å². The minimum Gasteiger partial charge on any atom is -0.394 e. The van der Waals surface area contributed by atoms with E-state index in [1.54, 1.807) is 6.92 Å². The monoisotopic (exact) mass is 301 g/mol. The summed E-state index contributed by atoms with van der Waals surface area (Å²) < 4.78 is 0.917. The van der Waals surface area contributed by atoms with Crippen molar-refractivity contribution in [2.75, 3.05) is 18.6 Å². The molecule has 0 unspecified atom stereocenters. The number of aliphatic hydroxyl groups excluding tert-OH is 2. The highest BCUT2D eigenvalue weighted by Crippen LogP contribution is 2.32. The second-order valence-electron chi connectivity index (χ2n) is 4.92. The fourth-order valence-corrected chi connectivity index (χ4v) is 2.15. The molecule has 1 rings (SSSR count). The lowest BCUT2D eigenvalue weighted by molar-refractivity contribution is 0.199. The SMILES string of the molecule is C[C@@H](O)c1ccc(N(C)C(C)(C)CO)c(Br)c1. The van der Waals surface area contributed by atoms with Crippen LogP contribution in [0, 0.1) is 0 Å². The standard InChI is InChI=1S/C13H20BrNO2/c1-9(17)10-5-6-12(11(14)7-10)15(4)13(2,3)8-16/h5-7,9,16-17H,8H2,1-4H3/t9-/m1/s1. The Labute approximate surface area is 111 Å². The molecule has 0 saturated carbocycles. The quantitative estimate of drug-likeness (QED) is 0.899. The lowest BCUT2D eigenvalue weighted by Crippen LogP contribution is -2.44. The highest BCUT2D eigenvalue weighted by Gasteiger charge is 2.24. The first kappa shape index (κ1) is 14.5. The summed E-state index contributed by atoms with van der Waals surface area (Å²) in [6.45, 7) is 5.76. The molecule has 0 aliphatic rings. The molecule has 2 N–H and O–H groups in total. The van der Waals surface area contributed by atoms with Gasteiger partial charge in [0.25, 0.3) is 0 Å². The number of halogens is 1. The summed E-state index contributed by atoms with van der Waals surface area (Å²) in [6, 6.07) is 5.75. The van der Waals surface area contributed by atoms with Crippen molar-refractivity contribution in [3.05, 3.63) is 28.2 Å². The van der Waals surface area contributed by atoms with E-state index in [-0.39, 0.29) is 12.1 Å². The van der Waals surface area contributed by atoms with E-state index in [4.69, 9.17) is 0 Å². The Morgan fingerprint density at radius 3 is 2.41 bits per heavy atom. The van der Waals surface area contributed by atoms with E-state index in [1.165, 1.54) is 0 Å². The zero-order valence-corrected chi connectivity index (χ0v) is 12.3. The van der Waals surface area contributed by atoms with E-state index in [1.807, 2.05) is 44.0 Å². The van der Waals surface area contributed by atoms with Gasteiger partial charge in [0.05, 0.1) is 23.9 Å². The van der Waals surface area contributed by atoms with Crippen molar-refractivity contribution in [1.29, 1.82) is 0 Å². The second-order valence-corrected chi connectivity index (χ2v) is 5.77. The fraction of sp³-hybridized carbons (Fsp3) is 0.538. The van der Waals surface area contributed by atoms with E-state index in [0.29, 0.717) is 0 Å². The molecule has 17 heavy (non-hydrogen) atoms. The number of anilines is 1. The van der Waals surface area contributed by atoms with Crippen LogP contribution in [0.3, 0.4) is 0 Å². The zero-order chi connectivity index (χ0) is 13.2. The van der Waals surface area contributed by atoms with Crippen molar-refractivity contribution < 1.29 is 10.2 Å². The third-order valence-corrected chi connectivity index (χ3v) is 3.75. The van der Waals surface area contributed by atoms with Crippen LogP contribution in [0.2, 0.25) is 0 Å². The van der Waals surface area contributed by atoms with E-state index >= 15 is 0 Å². The average molecular weight is 302 g/mol. The molecule has 1 atom stereocenters. The van der Waals surface area contributed by atoms with Crippen molar-refractivity contribution >= 4 is 21.6 Å². The topological polar surface area (TPSA) is 43.7 Å². The fourth-order valence-electron chi connectivity index (χ4n) is 1.49. The number of aliphatic hydroxyl groups is 2. The van der Waals surface area contributed by atoms with Gasteiger partial charge in [-0.15, -0.1) is 0 Å². The molecular formula is C13H20BrNO2. The average Bonchev–Trinajstić information content (AvgIpc) is 2.27. The molecule has 0 bridgehead atoms. The minimum atomic E-state index is -0.475. The van der Waals surface area contributed by atoms with E-state index in [0.717, 1.165) is 15.7 Å². The normalized spacial score (nSPS) is 13.6. The van der Waals surface area contributed by atoms with Crippen molar-refractivity contribution in [1.82, 2.24) is 0 Å². The van der Waals surface area contributed by atoms with Gasteiger partial charge in [0.1, 0.15) is 0 Å². The summed E-state index contributed by atoms with van der Waals surface area (Å²) in [4.78, 5) is 2.02. The molecule has 0 aliphatic carbocycles. The first-order valence-corrected chi connectivity index (χ1v) is 6.41. The maximum atomic E-state index is 9.51. The van der Waals surface area contributed by atoms with Gasteiger partial charge >= 0.3 is 0 Å². The highest BCUT2D eigenvalue weighted by atomic mass is 79.9. The lowest BCUT2D eigenvalue weighted by atomic mass is 10.0. The van der Waals surface area contributed by atoms with Crippen LogP contribution in [0.4, 0.5) is 5.69 Å². The van der Waals surface area contributed by atoms with Crippen LogP contribution in [0.5, 0.6) is 0 Å². The number of hydrogen-bond acceptors (Lipinski definition) is 3. The van der Waals surface area contributed by atoms with Gasteiger partial charge in [-0.1, -0.05) is 6.07 Å². The van der Waals surface area contributed by atoms with E-state index in [9.17, 15) is 10.2 Å². The molecule has 1 aromatic rings. The summed E-state index contributed by atoms with van der Waals surface area (Å²) in [5.74, 6) is 0. The first-order valence-electron chi connectivity index (χ1n) is 5.62. The van der Waals surface area contributed by atoms with E-state index in [2.05, 4.69) is 15.9 Å². The van der Waals surface area contributed by atoms with E-state index < -0.39 is 6.10 Å². The predicted octanol–water partition coefficient (Wildman–Crippen LogP) is 2.71. The Kier molecular flexibility index (Phi) is 4.58. The van der Waals surface area contributed by atoms with Crippen molar-refractivity contribution in [2.24, 2.45) is 0 Å².